The van der Waals surface area contributed by atoms with E-state index < -0.39 is 0 Å². The summed E-state index contributed by atoms with van der Waals surface area (Å²) in [6.45, 7) is 3.93. The number of oxazole rings is 1. The van der Waals surface area contributed by atoms with Crippen molar-refractivity contribution in [3.05, 3.63) is 53.0 Å². The van der Waals surface area contributed by atoms with Crippen LogP contribution in [-0.4, -0.2) is 51.2 Å². The summed E-state index contributed by atoms with van der Waals surface area (Å²) in [7, 11) is 0. The van der Waals surface area contributed by atoms with Gasteiger partial charge in [-0.05, 0) is 43.4 Å². The highest BCUT2D eigenvalue weighted by Gasteiger charge is 2.27. The van der Waals surface area contributed by atoms with Crippen molar-refractivity contribution in [3.8, 4) is 29.4 Å². The average Bonchev–Trinajstić information content (AvgIpc) is 3.39. The molecule has 1 saturated carbocycles. The van der Waals surface area contributed by atoms with Crippen molar-refractivity contribution in [2.24, 2.45) is 0 Å². The first-order valence-electron chi connectivity index (χ1n) is 10.6. The van der Waals surface area contributed by atoms with Crippen LogP contribution >= 0.6 is 12.4 Å². The minimum Gasteiger partial charge on any atom is -0.442 e. The predicted octanol–water partition coefficient (Wildman–Crippen LogP) is 3.00. The molecule has 1 aliphatic carbocycles. The predicted molar refractivity (Wildman–Crippen MR) is 121 cm³/mol. The van der Waals surface area contributed by atoms with Gasteiger partial charge in [0.1, 0.15) is 24.0 Å². The Hall–Kier alpha value is -3.66. The summed E-state index contributed by atoms with van der Waals surface area (Å²) in [5.74, 6) is 0.412. The molecule has 0 unspecified atom stereocenters. The van der Waals surface area contributed by atoms with Gasteiger partial charge in [0.25, 0.3) is 5.91 Å². The van der Waals surface area contributed by atoms with Crippen molar-refractivity contribution in [3.63, 3.8) is 0 Å². The van der Waals surface area contributed by atoms with Crippen LogP contribution in [-0.2, 0) is 0 Å². The van der Waals surface area contributed by atoms with Crippen molar-refractivity contribution in [2.45, 2.75) is 31.7 Å². The van der Waals surface area contributed by atoms with Gasteiger partial charge >= 0.3 is 0 Å². The van der Waals surface area contributed by atoms with E-state index in [-0.39, 0.29) is 47.2 Å². The molecule has 3 aromatic rings. The molecule has 0 spiro atoms. The van der Waals surface area contributed by atoms with Gasteiger partial charge in [0.15, 0.2) is 11.4 Å². The number of hydrogen-bond acceptors (Lipinski definition) is 7. The molecule has 0 bridgehead atoms. The maximum atomic E-state index is 12.8. The smallest absolute Gasteiger partial charge is 0.275 e. The SMILES string of the molecule is C[C@H]1CN(C(=O)c2coc(-c3nn(-c4ccc(C5CC5)cc4C#N)cc3C#N)n2)CCN1.Cl. The van der Waals surface area contributed by atoms with E-state index in [4.69, 9.17) is 4.42 Å². The van der Waals surface area contributed by atoms with Gasteiger partial charge in [-0.3, -0.25) is 4.79 Å². The Kier molecular flexibility index (Phi) is 6.19. The first kappa shape index (κ1) is 22.5. The fourth-order valence-corrected chi connectivity index (χ4v) is 4.01. The van der Waals surface area contributed by atoms with Gasteiger partial charge in [-0.15, -0.1) is 12.4 Å². The van der Waals surface area contributed by atoms with Gasteiger partial charge in [-0.25, -0.2) is 9.67 Å². The summed E-state index contributed by atoms with van der Waals surface area (Å²) in [6, 6.07) is 10.3. The van der Waals surface area contributed by atoms with Crippen LogP contribution in [0.25, 0.3) is 17.3 Å². The molecule has 1 N–H and O–H groups in total. The zero-order valence-corrected chi connectivity index (χ0v) is 18.8. The second-order valence-electron chi connectivity index (χ2n) is 8.25. The quantitative estimate of drug-likeness (QED) is 0.630. The maximum absolute atomic E-state index is 12.8. The lowest BCUT2D eigenvalue weighted by atomic mass is 10.1. The maximum Gasteiger partial charge on any atom is 0.275 e. The first-order valence-corrected chi connectivity index (χ1v) is 10.6. The summed E-state index contributed by atoms with van der Waals surface area (Å²) in [4.78, 5) is 18.8. The van der Waals surface area contributed by atoms with Gasteiger partial charge in [0.05, 0.1) is 11.3 Å². The number of carbonyl (C=O) groups excluding carboxylic acids is 1. The van der Waals surface area contributed by atoms with Gasteiger partial charge in [-0.2, -0.15) is 15.6 Å². The number of carbonyl (C=O) groups is 1. The summed E-state index contributed by atoms with van der Waals surface area (Å²) in [5.41, 5.74) is 2.88. The molecular weight excluding hydrogens is 442 g/mol. The Morgan fingerprint density at radius 2 is 2.03 bits per heavy atom. The lowest BCUT2D eigenvalue weighted by Crippen LogP contribution is -2.51. The second kappa shape index (κ2) is 9.07. The van der Waals surface area contributed by atoms with Crippen LogP contribution in [0.5, 0.6) is 0 Å². The third kappa shape index (κ3) is 4.34. The van der Waals surface area contributed by atoms with E-state index in [1.807, 2.05) is 25.1 Å². The highest BCUT2D eigenvalue weighted by molar-refractivity contribution is 5.92. The van der Waals surface area contributed by atoms with Crippen LogP contribution in [0.3, 0.4) is 0 Å². The number of rotatable bonds is 4. The van der Waals surface area contributed by atoms with Crippen molar-refractivity contribution >= 4 is 18.3 Å². The third-order valence-electron chi connectivity index (χ3n) is 5.85. The molecule has 1 aromatic carbocycles. The van der Waals surface area contributed by atoms with Crippen molar-refractivity contribution < 1.29 is 9.21 Å². The summed E-state index contributed by atoms with van der Waals surface area (Å²) in [6.07, 6.45) is 5.14. The van der Waals surface area contributed by atoms with E-state index in [2.05, 4.69) is 27.5 Å². The van der Waals surface area contributed by atoms with Crippen LogP contribution in [0.1, 0.15) is 52.9 Å². The van der Waals surface area contributed by atoms with Gasteiger partial charge in [0, 0.05) is 31.9 Å². The molecule has 5 rings (SSSR count). The summed E-state index contributed by atoms with van der Waals surface area (Å²) in [5, 5.41) is 27.0. The molecule has 0 radical (unpaired) electrons. The monoisotopic (exact) mass is 463 g/mol. The van der Waals surface area contributed by atoms with Crippen LogP contribution in [0.2, 0.25) is 0 Å². The van der Waals surface area contributed by atoms with Crippen LogP contribution in [0, 0.1) is 22.7 Å². The molecule has 2 aliphatic rings. The number of benzene rings is 1. The standard InChI is InChI=1S/C23H21N7O2.ClH/c1-14-11-29(7-6-26-14)23(31)19-13-32-22(27-19)21-18(10-25)12-30(28-21)20-5-4-16(15-2-3-15)8-17(20)9-24;/h4-5,8,12-15,26H,2-3,6-7,11H2,1H3;1H/t14-;/m0./s1. The zero-order chi connectivity index (χ0) is 22.2. The van der Waals surface area contributed by atoms with Gasteiger partial charge < -0.3 is 14.6 Å². The molecule has 9 nitrogen and oxygen atoms in total. The molecule has 1 atom stereocenters. The minimum absolute atomic E-state index is 0. The fourth-order valence-electron chi connectivity index (χ4n) is 4.01. The first-order chi connectivity index (χ1) is 15.6. The number of nitrogens with zero attached hydrogens (tertiary/aromatic N) is 6. The molecule has 2 aromatic heterocycles. The molecule has 10 heteroatoms. The van der Waals surface area contributed by atoms with Crippen LogP contribution < -0.4 is 5.32 Å². The number of hydrogen-bond donors (Lipinski definition) is 1. The number of aromatic nitrogens is 3. The lowest BCUT2D eigenvalue weighted by molar-refractivity contribution is 0.0703. The molecule has 2 fully saturated rings. The largest absolute Gasteiger partial charge is 0.442 e. The molecule has 1 aliphatic heterocycles. The van der Waals surface area contributed by atoms with Crippen LogP contribution in [0.4, 0.5) is 0 Å². The Labute approximate surface area is 197 Å². The molecule has 33 heavy (non-hydrogen) atoms. The van der Waals surface area contributed by atoms with Gasteiger partial charge in [-0.1, -0.05) is 6.07 Å². The number of piperazine rings is 1. The summed E-state index contributed by atoms with van der Waals surface area (Å²) < 4.78 is 7.02. The number of nitriles is 2. The highest BCUT2D eigenvalue weighted by atomic mass is 35.5. The molecule has 3 heterocycles. The van der Waals surface area contributed by atoms with E-state index in [9.17, 15) is 15.3 Å². The third-order valence-corrected chi connectivity index (χ3v) is 5.85. The molecule has 1 amide bonds. The zero-order valence-electron chi connectivity index (χ0n) is 18.0. The Bertz CT molecular complexity index is 1280. The second-order valence-corrected chi connectivity index (χ2v) is 8.25. The van der Waals surface area contributed by atoms with E-state index in [1.54, 1.807) is 11.1 Å². The van der Waals surface area contributed by atoms with E-state index in [1.165, 1.54) is 10.9 Å². The average molecular weight is 464 g/mol. The highest BCUT2D eigenvalue weighted by Crippen LogP contribution is 2.40. The lowest BCUT2D eigenvalue weighted by Gasteiger charge is -2.31. The number of amides is 1. The van der Waals surface area contributed by atoms with E-state index in [0.29, 0.717) is 30.3 Å². The van der Waals surface area contributed by atoms with E-state index in [0.717, 1.165) is 24.9 Å². The van der Waals surface area contributed by atoms with Gasteiger partial charge in [0.2, 0.25) is 5.89 Å². The number of nitrogens with one attached hydrogen (secondary N) is 1. The molecule has 1 saturated heterocycles. The normalized spacial score (nSPS) is 17.7. The van der Waals surface area contributed by atoms with Crippen molar-refractivity contribution in [1.82, 2.24) is 25.0 Å². The molecule has 168 valence electrons. The van der Waals surface area contributed by atoms with Crippen molar-refractivity contribution in [1.29, 1.82) is 10.5 Å². The Morgan fingerprint density at radius 3 is 2.73 bits per heavy atom. The number of halogens is 1. The topological polar surface area (TPSA) is 124 Å². The minimum atomic E-state index is -0.214. The molecular formula is C23H22ClN7O2. The Morgan fingerprint density at radius 1 is 1.24 bits per heavy atom. The Balaban J connectivity index is 0.00000259. The van der Waals surface area contributed by atoms with E-state index >= 15 is 0 Å². The fraction of sp³-hybridized carbons (Fsp3) is 0.348. The van der Waals surface area contributed by atoms with Crippen molar-refractivity contribution in [2.75, 3.05) is 19.6 Å². The summed E-state index contributed by atoms with van der Waals surface area (Å²) >= 11 is 0. The van der Waals surface area contributed by atoms with Crippen LogP contribution in [0.15, 0.2) is 35.1 Å².